The maximum Gasteiger partial charge on any atom is 0.150 e. The Kier molecular flexibility index (Phi) is 3.75. The first-order valence-corrected chi connectivity index (χ1v) is 5.15. The van der Waals surface area contributed by atoms with Gasteiger partial charge in [-0.25, -0.2) is 0 Å². The Balaban J connectivity index is 3.30. The number of aldehydes is 1. The molecule has 1 rings (SSSR count). The SMILES string of the molecule is CC(=O)C(Br)c1cc(C=O)ccc1C#N. The second-order valence-corrected chi connectivity index (χ2v) is 3.97. The Morgan fingerprint density at radius 2 is 2.27 bits per heavy atom. The summed E-state index contributed by atoms with van der Waals surface area (Å²) >= 11 is 3.19. The molecule has 1 atom stereocenters. The van der Waals surface area contributed by atoms with Crippen LogP contribution in [0.15, 0.2) is 18.2 Å². The summed E-state index contributed by atoms with van der Waals surface area (Å²) in [4.78, 5) is 21.2. The van der Waals surface area contributed by atoms with E-state index < -0.39 is 4.83 Å². The molecular formula is C11H8BrNO2. The zero-order valence-electron chi connectivity index (χ0n) is 8.03. The van der Waals surface area contributed by atoms with E-state index in [9.17, 15) is 9.59 Å². The highest BCUT2D eigenvalue weighted by atomic mass is 79.9. The summed E-state index contributed by atoms with van der Waals surface area (Å²) in [5.41, 5.74) is 1.39. The third-order valence-electron chi connectivity index (χ3n) is 1.96. The number of hydrogen-bond acceptors (Lipinski definition) is 3. The van der Waals surface area contributed by atoms with Crippen molar-refractivity contribution in [3.63, 3.8) is 0 Å². The van der Waals surface area contributed by atoms with Gasteiger partial charge >= 0.3 is 0 Å². The number of hydrogen-bond donors (Lipinski definition) is 0. The van der Waals surface area contributed by atoms with Crippen LogP contribution in [0.1, 0.15) is 33.2 Å². The Morgan fingerprint density at radius 3 is 2.73 bits per heavy atom. The lowest BCUT2D eigenvalue weighted by molar-refractivity contribution is -0.116. The van der Waals surface area contributed by atoms with Gasteiger partial charge in [0.05, 0.1) is 16.5 Å². The van der Waals surface area contributed by atoms with Gasteiger partial charge in [-0.3, -0.25) is 9.59 Å². The largest absolute Gasteiger partial charge is 0.298 e. The number of nitriles is 1. The molecule has 1 aromatic carbocycles. The van der Waals surface area contributed by atoms with E-state index in [2.05, 4.69) is 15.9 Å². The van der Waals surface area contributed by atoms with Gasteiger partial charge in [0, 0.05) is 5.56 Å². The number of ketones is 1. The maximum absolute atomic E-state index is 11.2. The van der Waals surface area contributed by atoms with Crippen molar-refractivity contribution in [1.82, 2.24) is 0 Å². The molecule has 76 valence electrons. The Morgan fingerprint density at radius 1 is 1.60 bits per heavy atom. The highest BCUT2D eigenvalue weighted by Crippen LogP contribution is 2.27. The van der Waals surface area contributed by atoms with Crippen molar-refractivity contribution in [1.29, 1.82) is 5.26 Å². The number of halogens is 1. The van der Waals surface area contributed by atoms with Crippen LogP contribution < -0.4 is 0 Å². The van der Waals surface area contributed by atoms with Gasteiger partial charge in [0.1, 0.15) is 12.1 Å². The quantitative estimate of drug-likeness (QED) is 0.623. The molecule has 4 heteroatoms. The molecule has 0 aliphatic rings. The molecule has 1 unspecified atom stereocenters. The molecule has 0 saturated carbocycles. The van der Waals surface area contributed by atoms with Crippen LogP contribution in [0.3, 0.4) is 0 Å². The van der Waals surface area contributed by atoms with Crippen molar-refractivity contribution in [2.75, 3.05) is 0 Å². The van der Waals surface area contributed by atoms with Crippen LogP contribution in [-0.4, -0.2) is 12.1 Å². The number of nitrogens with zero attached hydrogens (tertiary/aromatic N) is 1. The van der Waals surface area contributed by atoms with Gasteiger partial charge in [0.2, 0.25) is 0 Å². The average Bonchev–Trinajstić information content (AvgIpc) is 2.27. The van der Waals surface area contributed by atoms with Crippen LogP contribution >= 0.6 is 15.9 Å². The van der Waals surface area contributed by atoms with Gasteiger partial charge in [0.15, 0.2) is 0 Å². The first-order chi connectivity index (χ1) is 7.10. The van der Waals surface area contributed by atoms with Gasteiger partial charge in [-0.2, -0.15) is 5.26 Å². The van der Waals surface area contributed by atoms with E-state index >= 15 is 0 Å². The fourth-order valence-electron chi connectivity index (χ4n) is 1.19. The van der Waals surface area contributed by atoms with E-state index in [0.29, 0.717) is 23.0 Å². The number of Topliss-reactive ketones (excluding diaryl/α,β-unsaturated/α-hetero) is 1. The Hall–Kier alpha value is -1.47. The normalized spacial score (nSPS) is 11.5. The average molecular weight is 266 g/mol. The second kappa shape index (κ2) is 4.85. The zero-order chi connectivity index (χ0) is 11.4. The van der Waals surface area contributed by atoms with Gasteiger partial charge in [-0.1, -0.05) is 22.0 Å². The summed E-state index contributed by atoms with van der Waals surface area (Å²) in [6.07, 6.45) is 0.685. The third kappa shape index (κ3) is 2.51. The van der Waals surface area contributed by atoms with E-state index in [0.717, 1.165) is 0 Å². The molecule has 0 radical (unpaired) electrons. The molecule has 3 nitrogen and oxygen atoms in total. The van der Waals surface area contributed by atoms with Crippen molar-refractivity contribution in [2.45, 2.75) is 11.8 Å². The monoisotopic (exact) mass is 265 g/mol. The minimum atomic E-state index is -0.535. The summed E-state index contributed by atoms with van der Waals surface area (Å²) in [7, 11) is 0. The first kappa shape index (κ1) is 11.6. The molecule has 0 N–H and O–H groups in total. The summed E-state index contributed by atoms with van der Waals surface area (Å²) in [6, 6.07) is 6.62. The van der Waals surface area contributed by atoms with Gasteiger partial charge in [0.25, 0.3) is 0 Å². The molecule has 0 aromatic heterocycles. The van der Waals surface area contributed by atoms with Crippen molar-refractivity contribution in [2.24, 2.45) is 0 Å². The van der Waals surface area contributed by atoms with Crippen LogP contribution in [0.4, 0.5) is 0 Å². The first-order valence-electron chi connectivity index (χ1n) is 4.24. The molecule has 0 aliphatic carbocycles. The minimum absolute atomic E-state index is 0.102. The molecule has 0 saturated heterocycles. The fraction of sp³-hybridized carbons (Fsp3) is 0.182. The van der Waals surface area contributed by atoms with Gasteiger partial charge < -0.3 is 0 Å². The van der Waals surface area contributed by atoms with Gasteiger partial charge in [-0.05, 0) is 24.6 Å². The Labute approximate surface area is 95.8 Å². The topological polar surface area (TPSA) is 57.9 Å². The predicted molar refractivity (Wildman–Crippen MR) is 58.9 cm³/mol. The maximum atomic E-state index is 11.2. The molecule has 0 spiro atoms. The Bertz CT molecular complexity index is 448. The van der Waals surface area contributed by atoms with Crippen LogP contribution in [0.2, 0.25) is 0 Å². The zero-order valence-corrected chi connectivity index (χ0v) is 9.61. The lowest BCUT2D eigenvalue weighted by atomic mass is 10.0. The number of alkyl halides is 1. The van der Waals surface area contributed by atoms with Crippen LogP contribution in [0.25, 0.3) is 0 Å². The van der Waals surface area contributed by atoms with E-state index in [4.69, 9.17) is 5.26 Å². The highest BCUT2D eigenvalue weighted by Gasteiger charge is 2.16. The molecule has 0 amide bonds. The van der Waals surface area contributed by atoms with Crippen LogP contribution in [0, 0.1) is 11.3 Å². The summed E-state index contributed by atoms with van der Waals surface area (Å²) in [5.74, 6) is -0.102. The molecular weight excluding hydrogens is 258 g/mol. The lowest BCUT2D eigenvalue weighted by Gasteiger charge is -2.08. The molecule has 0 fully saturated rings. The third-order valence-corrected chi connectivity index (χ3v) is 3.10. The number of carbonyl (C=O) groups excluding carboxylic acids is 2. The molecule has 0 heterocycles. The smallest absolute Gasteiger partial charge is 0.150 e. The highest BCUT2D eigenvalue weighted by molar-refractivity contribution is 9.09. The standard InChI is InChI=1S/C11H8BrNO2/c1-7(15)11(12)10-4-8(6-14)2-3-9(10)5-13/h2-4,6,11H,1H3. The van der Waals surface area contributed by atoms with E-state index in [-0.39, 0.29) is 5.78 Å². The predicted octanol–water partition coefficient (Wildman–Crippen LogP) is 2.40. The van der Waals surface area contributed by atoms with E-state index in [1.54, 1.807) is 12.1 Å². The summed E-state index contributed by atoms with van der Waals surface area (Å²) in [6.45, 7) is 1.42. The van der Waals surface area contributed by atoms with Crippen molar-refractivity contribution < 1.29 is 9.59 Å². The fourth-order valence-corrected chi connectivity index (χ4v) is 1.56. The van der Waals surface area contributed by atoms with E-state index in [1.807, 2.05) is 6.07 Å². The molecule has 0 aliphatic heterocycles. The molecule has 0 bridgehead atoms. The van der Waals surface area contributed by atoms with Crippen molar-refractivity contribution in [3.8, 4) is 6.07 Å². The number of benzene rings is 1. The number of carbonyl (C=O) groups is 2. The van der Waals surface area contributed by atoms with Crippen molar-refractivity contribution in [3.05, 3.63) is 34.9 Å². The minimum Gasteiger partial charge on any atom is -0.298 e. The van der Waals surface area contributed by atoms with Gasteiger partial charge in [-0.15, -0.1) is 0 Å². The van der Waals surface area contributed by atoms with E-state index in [1.165, 1.54) is 13.0 Å². The molecule has 1 aromatic rings. The molecule has 15 heavy (non-hydrogen) atoms. The number of rotatable bonds is 3. The van der Waals surface area contributed by atoms with Crippen LogP contribution in [-0.2, 0) is 4.79 Å². The summed E-state index contributed by atoms with van der Waals surface area (Å²) in [5, 5.41) is 8.84. The van der Waals surface area contributed by atoms with Crippen molar-refractivity contribution >= 4 is 28.0 Å². The second-order valence-electron chi connectivity index (χ2n) is 3.05. The lowest BCUT2D eigenvalue weighted by Crippen LogP contribution is -2.04. The summed E-state index contributed by atoms with van der Waals surface area (Å²) < 4.78 is 0. The van der Waals surface area contributed by atoms with Crippen LogP contribution in [0.5, 0.6) is 0 Å².